The lowest BCUT2D eigenvalue weighted by atomic mass is 10.2. The van der Waals surface area contributed by atoms with E-state index in [4.69, 9.17) is 14.2 Å². The summed E-state index contributed by atoms with van der Waals surface area (Å²) in [4.78, 5) is 0. The van der Waals surface area contributed by atoms with Crippen molar-refractivity contribution in [3.8, 4) is 17.2 Å². The van der Waals surface area contributed by atoms with Crippen molar-refractivity contribution >= 4 is 21.8 Å². The maximum atomic E-state index is 12.2. The van der Waals surface area contributed by atoms with Gasteiger partial charge in [-0.3, -0.25) is 4.72 Å². The molecule has 0 heterocycles. The number of benzene rings is 2. The Bertz CT molecular complexity index is 813. The highest BCUT2D eigenvalue weighted by atomic mass is 32.2. The van der Waals surface area contributed by atoms with Gasteiger partial charge >= 0.3 is 0 Å². The highest BCUT2D eigenvalue weighted by Crippen LogP contribution is 2.26. The van der Waals surface area contributed by atoms with Crippen molar-refractivity contribution in [2.24, 2.45) is 0 Å². The SMILES string of the molecule is COc1ccc(NS(=O)(=O)/C=C/c2ccc(OC)cc2OC)cc1. The molecule has 0 aliphatic carbocycles. The van der Waals surface area contributed by atoms with Gasteiger partial charge in [-0.25, -0.2) is 8.42 Å². The van der Waals surface area contributed by atoms with Crippen LogP contribution in [0.2, 0.25) is 0 Å². The number of rotatable bonds is 7. The van der Waals surface area contributed by atoms with E-state index in [9.17, 15) is 8.42 Å². The molecule has 0 aliphatic rings. The van der Waals surface area contributed by atoms with Crippen LogP contribution in [0.1, 0.15) is 5.56 Å². The van der Waals surface area contributed by atoms with Crippen molar-refractivity contribution in [2.45, 2.75) is 0 Å². The molecule has 2 aromatic rings. The third-order valence-corrected chi connectivity index (χ3v) is 4.23. The van der Waals surface area contributed by atoms with E-state index in [1.54, 1.807) is 56.7 Å². The predicted molar refractivity (Wildman–Crippen MR) is 94.1 cm³/mol. The molecule has 0 aliphatic heterocycles. The molecule has 7 heteroatoms. The Labute approximate surface area is 141 Å². The van der Waals surface area contributed by atoms with Crippen LogP contribution in [-0.4, -0.2) is 29.7 Å². The van der Waals surface area contributed by atoms with Crippen molar-refractivity contribution in [3.05, 3.63) is 53.4 Å². The summed E-state index contributed by atoms with van der Waals surface area (Å²) < 4.78 is 42.2. The van der Waals surface area contributed by atoms with Gasteiger partial charge in [-0.15, -0.1) is 0 Å². The van der Waals surface area contributed by atoms with Crippen LogP contribution < -0.4 is 18.9 Å². The van der Waals surface area contributed by atoms with Gasteiger partial charge in [0.2, 0.25) is 0 Å². The van der Waals surface area contributed by atoms with Gasteiger partial charge < -0.3 is 14.2 Å². The molecule has 0 fully saturated rings. The van der Waals surface area contributed by atoms with Crippen molar-refractivity contribution < 1.29 is 22.6 Å². The molecule has 0 saturated carbocycles. The zero-order chi connectivity index (χ0) is 17.6. The Kier molecular flexibility index (Phi) is 5.70. The predicted octanol–water partition coefficient (Wildman–Crippen LogP) is 3.13. The zero-order valence-corrected chi connectivity index (χ0v) is 14.5. The summed E-state index contributed by atoms with van der Waals surface area (Å²) in [5, 5.41) is 1.08. The highest BCUT2D eigenvalue weighted by molar-refractivity contribution is 7.95. The molecular formula is C17H19NO5S. The summed E-state index contributed by atoms with van der Waals surface area (Å²) >= 11 is 0. The van der Waals surface area contributed by atoms with Gasteiger partial charge in [-0.1, -0.05) is 0 Å². The Balaban J connectivity index is 2.17. The minimum atomic E-state index is -3.65. The molecule has 0 aromatic heterocycles. The Morgan fingerprint density at radius 2 is 1.50 bits per heavy atom. The van der Waals surface area contributed by atoms with Crippen molar-refractivity contribution in [2.75, 3.05) is 26.1 Å². The molecule has 0 radical (unpaired) electrons. The average Bonchev–Trinajstić information content (AvgIpc) is 2.60. The van der Waals surface area contributed by atoms with Crippen LogP contribution >= 0.6 is 0 Å². The number of hydrogen-bond donors (Lipinski definition) is 1. The standard InChI is InChI=1S/C17H19NO5S/c1-21-15-8-5-14(6-9-15)18-24(19,20)11-10-13-4-7-16(22-2)12-17(13)23-3/h4-12,18H,1-3H3/b11-10+. The Morgan fingerprint density at radius 1 is 0.875 bits per heavy atom. The lowest BCUT2D eigenvalue weighted by molar-refractivity contribution is 0.394. The maximum absolute atomic E-state index is 12.2. The summed E-state index contributed by atoms with van der Waals surface area (Å²) in [5.74, 6) is 1.80. The number of ether oxygens (including phenoxy) is 3. The Morgan fingerprint density at radius 3 is 2.08 bits per heavy atom. The molecule has 24 heavy (non-hydrogen) atoms. The molecule has 0 spiro atoms. The average molecular weight is 349 g/mol. The molecule has 0 atom stereocenters. The summed E-state index contributed by atoms with van der Waals surface area (Å²) in [6, 6.07) is 11.7. The molecular weight excluding hydrogens is 330 g/mol. The molecule has 0 saturated heterocycles. The van der Waals surface area contributed by atoms with Crippen LogP contribution in [0.5, 0.6) is 17.2 Å². The first-order valence-corrected chi connectivity index (χ1v) is 8.59. The highest BCUT2D eigenvalue weighted by Gasteiger charge is 2.08. The fraction of sp³-hybridized carbons (Fsp3) is 0.176. The van der Waals surface area contributed by atoms with Crippen molar-refractivity contribution in [3.63, 3.8) is 0 Å². The monoisotopic (exact) mass is 349 g/mol. The molecule has 2 rings (SSSR count). The van der Waals surface area contributed by atoms with E-state index in [2.05, 4.69) is 4.72 Å². The molecule has 0 amide bonds. The number of hydrogen-bond acceptors (Lipinski definition) is 5. The topological polar surface area (TPSA) is 73.9 Å². The summed E-state index contributed by atoms with van der Waals surface area (Å²) in [5.41, 5.74) is 1.07. The first-order valence-electron chi connectivity index (χ1n) is 7.04. The molecule has 6 nitrogen and oxygen atoms in total. The second-order valence-corrected chi connectivity index (χ2v) is 6.35. The first kappa shape index (κ1) is 17.7. The molecule has 0 unspecified atom stereocenters. The lowest BCUT2D eigenvalue weighted by Crippen LogP contribution is -2.08. The van der Waals surface area contributed by atoms with Gasteiger partial charge in [0.15, 0.2) is 0 Å². The molecule has 1 N–H and O–H groups in total. The first-order chi connectivity index (χ1) is 11.5. The minimum absolute atomic E-state index is 0.446. The minimum Gasteiger partial charge on any atom is -0.497 e. The third kappa shape index (κ3) is 4.66. The number of nitrogens with one attached hydrogen (secondary N) is 1. The second kappa shape index (κ2) is 7.74. The van der Waals surface area contributed by atoms with Crippen LogP contribution in [0, 0.1) is 0 Å². The number of sulfonamides is 1. The summed E-state index contributed by atoms with van der Waals surface area (Å²) in [6.07, 6.45) is 1.46. The number of anilines is 1. The smallest absolute Gasteiger partial charge is 0.255 e. The fourth-order valence-electron chi connectivity index (χ4n) is 1.98. The van der Waals surface area contributed by atoms with Gasteiger partial charge in [0.1, 0.15) is 17.2 Å². The second-order valence-electron chi connectivity index (χ2n) is 4.79. The van der Waals surface area contributed by atoms with E-state index in [1.165, 1.54) is 13.2 Å². The van der Waals surface area contributed by atoms with E-state index < -0.39 is 10.0 Å². The largest absolute Gasteiger partial charge is 0.497 e. The van der Waals surface area contributed by atoms with Gasteiger partial charge in [0, 0.05) is 17.3 Å². The quantitative estimate of drug-likeness (QED) is 0.831. The summed E-state index contributed by atoms with van der Waals surface area (Å²) in [6.45, 7) is 0. The lowest BCUT2D eigenvalue weighted by Gasteiger charge is -2.08. The van der Waals surface area contributed by atoms with Crippen LogP contribution in [0.3, 0.4) is 0 Å². The van der Waals surface area contributed by atoms with Crippen molar-refractivity contribution in [1.29, 1.82) is 0 Å². The fourth-order valence-corrected chi connectivity index (χ4v) is 2.83. The van der Waals surface area contributed by atoms with Gasteiger partial charge in [-0.05, 0) is 42.5 Å². The molecule has 2 aromatic carbocycles. The van der Waals surface area contributed by atoms with Crippen LogP contribution in [0.4, 0.5) is 5.69 Å². The maximum Gasteiger partial charge on any atom is 0.255 e. The van der Waals surface area contributed by atoms with Crippen molar-refractivity contribution in [1.82, 2.24) is 0 Å². The molecule has 0 bridgehead atoms. The van der Waals surface area contributed by atoms with E-state index in [0.717, 1.165) is 5.41 Å². The summed E-state index contributed by atoms with van der Waals surface area (Å²) in [7, 11) is 0.954. The van der Waals surface area contributed by atoms with Crippen LogP contribution in [-0.2, 0) is 10.0 Å². The van der Waals surface area contributed by atoms with E-state index >= 15 is 0 Å². The van der Waals surface area contributed by atoms with E-state index in [0.29, 0.717) is 28.5 Å². The van der Waals surface area contributed by atoms with Crippen LogP contribution in [0.25, 0.3) is 6.08 Å². The zero-order valence-electron chi connectivity index (χ0n) is 13.6. The van der Waals surface area contributed by atoms with Gasteiger partial charge in [-0.2, -0.15) is 0 Å². The van der Waals surface area contributed by atoms with Gasteiger partial charge in [0.25, 0.3) is 10.0 Å². The number of methoxy groups -OCH3 is 3. The molecule has 128 valence electrons. The van der Waals surface area contributed by atoms with E-state index in [1.807, 2.05) is 0 Å². The van der Waals surface area contributed by atoms with Gasteiger partial charge in [0.05, 0.1) is 26.7 Å². The third-order valence-electron chi connectivity index (χ3n) is 3.22. The van der Waals surface area contributed by atoms with E-state index in [-0.39, 0.29) is 0 Å². The van der Waals surface area contributed by atoms with Crippen LogP contribution in [0.15, 0.2) is 47.9 Å². The normalized spacial score (nSPS) is 11.3. The Hall–Kier alpha value is -2.67.